The molecule has 28 heavy (non-hydrogen) atoms. The van der Waals surface area contributed by atoms with Gasteiger partial charge in [0, 0.05) is 0 Å². The molecule has 0 saturated heterocycles. The zero-order valence-corrected chi connectivity index (χ0v) is 15.3. The maximum absolute atomic E-state index is 12.2. The number of nitrogens with one attached hydrogen (secondary N) is 1. The number of nitrogens with zero attached hydrogens (tertiary/aromatic N) is 2. The van der Waals surface area contributed by atoms with Crippen molar-refractivity contribution in [3.63, 3.8) is 0 Å². The number of hydrogen-bond donors (Lipinski definition) is 1. The molecule has 0 unspecified atom stereocenters. The Morgan fingerprint density at radius 2 is 2.04 bits per heavy atom. The number of esters is 1. The zero-order chi connectivity index (χ0) is 20.8. The van der Waals surface area contributed by atoms with Gasteiger partial charge in [-0.05, 0) is 42.8 Å². The van der Waals surface area contributed by atoms with Gasteiger partial charge in [-0.1, -0.05) is 0 Å². The molecule has 0 radical (unpaired) electrons. The third kappa shape index (κ3) is 4.50. The van der Waals surface area contributed by atoms with Crippen molar-refractivity contribution in [1.29, 1.82) is 0 Å². The van der Waals surface area contributed by atoms with Gasteiger partial charge in [0.15, 0.2) is 12.4 Å². The Kier molecular flexibility index (Phi) is 6.42. The largest absolute Gasteiger partial charge is 0.476 e. The molecule has 0 aliphatic carbocycles. The number of Topliss-reactive ketones (excluding diaryl/α,β-unsaturated/α-hetero) is 1. The number of ketones is 1. The fourth-order valence-electron chi connectivity index (χ4n) is 2.39. The second kappa shape index (κ2) is 8.75. The van der Waals surface area contributed by atoms with Crippen LogP contribution < -0.4 is 10.1 Å². The lowest BCUT2D eigenvalue weighted by Gasteiger charge is -2.07. The smallest absolute Gasteiger partial charge is 0.406 e. The summed E-state index contributed by atoms with van der Waals surface area (Å²) in [6.07, 6.45) is 1.21. The average molecular weight is 391 g/mol. The second-order valence-electron chi connectivity index (χ2n) is 5.43. The lowest BCUT2D eigenvalue weighted by atomic mass is 10.1. The van der Waals surface area contributed by atoms with Gasteiger partial charge in [-0.25, -0.2) is 4.79 Å². The van der Waals surface area contributed by atoms with Crippen LogP contribution in [0.1, 0.15) is 40.3 Å². The maximum atomic E-state index is 12.2. The number of aromatic nitrogens is 1. The van der Waals surface area contributed by atoms with Crippen LogP contribution >= 0.6 is 0 Å². The number of hydrogen-bond acceptors (Lipinski definition) is 9. The van der Waals surface area contributed by atoms with Crippen molar-refractivity contribution in [2.45, 2.75) is 20.8 Å². The summed E-state index contributed by atoms with van der Waals surface area (Å²) in [7, 11) is 0. The highest BCUT2D eigenvalue weighted by molar-refractivity contribution is 6.10. The van der Waals surface area contributed by atoms with E-state index in [1.165, 1.54) is 32.2 Å². The van der Waals surface area contributed by atoms with E-state index in [2.05, 4.69) is 10.3 Å². The summed E-state index contributed by atoms with van der Waals surface area (Å²) >= 11 is 0. The van der Waals surface area contributed by atoms with Gasteiger partial charge in [0.25, 0.3) is 5.91 Å². The first-order valence-electron chi connectivity index (χ1n) is 8.09. The van der Waals surface area contributed by atoms with Crippen LogP contribution in [0, 0.1) is 17.0 Å². The van der Waals surface area contributed by atoms with Crippen LogP contribution in [0.25, 0.3) is 0 Å². The number of anilines is 1. The lowest BCUT2D eigenvalue weighted by molar-refractivity contribution is -0.390. The molecule has 11 heteroatoms. The van der Waals surface area contributed by atoms with Crippen LogP contribution in [0.3, 0.4) is 0 Å². The van der Waals surface area contributed by atoms with Gasteiger partial charge in [-0.15, -0.1) is 0 Å². The molecule has 1 amide bonds. The molecule has 0 fully saturated rings. The number of nitro groups is 1. The molecular formula is C17H17N3O8. The van der Waals surface area contributed by atoms with Gasteiger partial charge in [-0.2, -0.15) is 0 Å². The number of rotatable bonds is 8. The molecule has 0 atom stereocenters. The molecule has 1 N–H and O–H groups in total. The van der Waals surface area contributed by atoms with E-state index in [0.29, 0.717) is 0 Å². The quantitative estimate of drug-likeness (QED) is 0.309. The van der Waals surface area contributed by atoms with E-state index in [1.54, 1.807) is 6.92 Å². The summed E-state index contributed by atoms with van der Waals surface area (Å²) in [4.78, 5) is 49.9. The van der Waals surface area contributed by atoms with E-state index in [4.69, 9.17) is 13.9 Å². The predicted octanol–water partition coefficient (Wildman–Crippen LogP) is 2.29. The first-order chi connectivity index (χ1) is 13.3. The van der Waals surface area contributed by atoms with Crippen molar-refractivity contribution in [3.05, 3.63) is 45.3 Å². The van der Waals surface area contributed by atoms with E-state index < -0.39 is 35.0 Å². The van der Waals surface area contributed by atoms with Crippen molar-refractivity contribution in [2.75, 3.05) is 18.5 Å². The van der Waals surface area contributed by atoms with E-state index in [1.807, 2.05) is 0 Å². The monoisotopic (exact) mass is 391 g/mol. The molecular weight excluding hydrogens is 374 g/mol. The minimum Gasteiger partial charge on any atom is -0.476 e. The van der Waals surface area contributed by atoms with Gasteiger partial charge in [0.05, 0.1) is 12.2 Å². The molecule has 0 aromatic carbocycles. The SMILES string of the molecule is CCOC(=O)c1c(NC(=O)COc2cccnc2[N+](=O)[O-])oc(C)c1C(C)=O. The lowest BCUT2D eigenvalue weighted by Crippen LogP contribution is -2.22. The molecule has 0 aliphatic rings. The predicted molar refractivity (Wildman–Crippen MR) is 94.4 cm³/mol. The van der Waals surface area contributed by atoms with Crippen molar-refractivity contribution >= 4 is 29.4 Å². The minimum absolute atomic E-state index is 0.00225. The number of carbonyl (C=O) groups excluding carboxylic acids is 3. The third-order valence-electron chi connectivity index (χ3n) is 3.45. The Hall–Kier alpha value is -3.76. The molecule has 11 nitrogen and oxygen atoms in total. The molecule has 0 spiro atoms. The van der Waals surface area contributed by atoms with Crippen molar-refractivity contribution < 1.29 is 33.2 Å². The summed E-state index contributed by atoms with van der Waals surface area (Å²) in [5, 5.41) is 13.2. The standard InChI is InChI=1S/C17H17N3O8/c1-4-26-17(23)14-13(9(2)21)10(3)28-16(14)19-12(22)8-27-11-6-5-7-18-15(11)20(24)25/h5-7H,4,8H2,1-3H3,(H,19,22). The summed E-state index contributed by atoms with van der Waals surface area (Å²) in [5.41, 5.74) is -0.204. The highest BCUT2D eigenvalue weighted by Gasteiger charge is 2.29. The topological polar surface area (TPSA) is 151 Å². The Labute approximate surface area is 158 Å². The number of carbonyl (C=O) groups is 3. The van der Waals surface area contributed by atoms with Crippen molar-refractivity contribution in [3.8, 4) is 5.75 Å². The van der Waals surface area contributed by atoms with Crippen LogP contribution in [-0.2, 0) is 9.53 Å². The van der Waals surface area contributed by atoms with Crippen LogP contribution in [0.15, 0.2) is 22.7 Å². The first-order valence-corrected chi connectivity index (χ1v) is 8.09. The van der Waals surface area contributed by atoms with Crippen molar-refractivity contribution in [1.82, 2.24) is 4.98 Å². The Morgan fingerprint density at radius 1 is 1.32 bits per heavy atom. The van der Waals surface area contributed by atoms with Crippen LogP contribution in [0.5, 0.6) is 5.75 Å². The molecule has 2 rings (SSSR count). The third-order valence-corrected chi connectivity index (χ3v) is 3.45. The summed E-state index contributed by atoms with van der Waals surface area (Å²) < 4.78 is 15.4. The Bertz CT molecular complexity index is 934. The highest BCUT2D eigenvalue weighted by atomic mass is 16.6. The van der Waals surface area contributed by atoms with Gasteiger partial charge in [-0.3, -0.25) is 14.9 Å². The summed E-state index contributed by atoms with van der Waals surface area (Å²) in [6.45, 7) is 3.73. The van der Waals surface area contributed by atoms with Gasteiger partial charge < -0.3 is 24.0 Å². The first kappa shape index (κ1) is 20.6. The Balaban J connectivity index is 2.20. The second-order valence-corrected chi connectivity index (χ2v) is 5.43. The number of aryl methyl sites for hydroxylation is 1. The van der Waals surface area contributed by atoms with Crippen LogP contribution in [-0.4, -0.2) is 40.8 Å². The molecule has 0 saturated carbocycles. The van der Waals surface area contributed by atoms with Gasteiger partial charge >= 0.3 is 11.8 Å². The minimum atomic E-state index is -0.830. The fraction of sp³-hybridized carbons (Fsp3) is 0.294. The normalized spacial score (nSPS) is 10.2. The van der Waals surface area contributed by atoms with Crippen molar-refractivity contribution in [2.24, 2.45) is 0 Å². The number of furan rings is 1. The molecule has 148 valence electrons. The molecule has 2 heterocycles. The van der Waals surface area contributed by atoms with E-state index in [0.717, 1.165) is 0 Å². The molecule has 0 bridgehead atoms. The van der Waals surface area contributed by atoms with Gasteiger partial charge in [0.1, 0.15) is 17.5 Å². The summed E-state index contributed by atoms with van der Waals surface area (Å²) in [5.74, 6) is -2.92. The number of pyridine rings is 1. The number of ether oxygens (including phenoxy) is 2. The number of amides is 1. The average Bonchev–Trinajstić information content (AvgIpc) is 2.96. The molecule has 2 aromatic heterocycles. The van der Waals surface area contributed by atoms with Crippen LogP contribution in [0.4, 0.5) is 11.7 Å². The van der Waals surface area contributed by atoms with Crippen LogP contribution in [0.2, 0.25) is 0 Å². The molecule has 0 aliphatic heterocycles. The van der Waals surface area contributed by atoms with E-state index in [9.17, 15) is 24.5 Å². The molecule has 2 aromatic rings. The van der Waals surface area contributed by atoms with E-state index >= 15 is 0 Å². The highest BCUT2D eigenvalue weighted by Crippen LogP contribution is 2.29. The Morgan fingerprint density at radius 3 is 2.64 bits per heavy atom. The zero-order valence-electron chi connectivity index (χ0n) is 15.3. The fourth-order valence-corrected chi connectivity index (χ4v) is 2.39. The maximum Gasteiger partial charge on any atom is 0.406 e. The van der Waals surface area contributed by atoms with Gasteiger partial charge in [0.2, 0.25) is 11.6 Å². The van der Waals surface area contributed by atoms with E-state index in [-0.39, 0.29) is 35.1 Å². The summed E-state index contributed by atoms with van der Waals surface area (Å²) in [6, 6.07) is 2.70.